The third-order valence-corrected chi connectivity index (χ3v) is 4.83. The van der Waals surface area contributed by atoms with E-state index >= 15 is 0 Å². The summed E-state index contributed by atoms with van der Waals surface area (Å²) < 4.78 is 34.5. The standard InChI is InChI=1S/C22H20F2N2O6/c1-11-8-9-14-15(10-11)20(29)26(19(14)28)12(2)21(30)31-13(3)18(27)25-16-6-4-5-7-17(16)32-22(23)24/h4-10,12-13,22H,1-3H3,(H,25,27). The molecular weight excluding hydrogens is 426 g/mol. The maximum Gasteiger partial charge on any atom is 0.387 e. The molecule has 10 heteroatoms. The number of amides is 3. The molecule has 2 atom stereocenters. The number of halogens is 2. The summed E-state index contributed by atoms with van der Waals surface area (Å²) in [7, 11) is 0. The maximum absolute atomic E-state index is 12.6. The number of hydrogen-bond donors (Lipinski definition) is 1. The number of alkyl halides is 2. The van der Waals surface area contributed by atoms with Gasteiger partial charge in [0.15, 0.2) is 6.10 Å². The highest BCUT2D eigenvalue weighted by molar-refractivity contribution is 6.22. The van der Waals surface area contributed by atoms with E-state index in [1.807, 2.05) is 0 Å². The van der Waals surface area contributed by atoms with Crippen molar-refractivity contribution in [2.45, 2.75) is 39.5 Å². The lowest BCUT2D eigenvalue weighted by Crippen LogP contribution is -2.45. The monoisotopic (exact) mass is 446 g/mol. The van der Waals surface area contributed by atoms with Gasteiger partial charge in [-0.2, -0.15) is 8.78 Å². The number of nitrogens with zero attached hydrogens (tertiary/aromatic N) is 1. The highest BCUT2D eigenvalue weighted by Crippen LogP contribution is 2.27. The summed E-state index contributed by atoms with van der Waals surface area (Å²) in [4.78, 5) is 51.0. The molecule has 3 amide bonds. The van der Waals surface area contributed by atoms with Crippen molar-refractivity contribution in [1.29, 1.82) is 0 Å². The Morgan fingerprint density at radius 3 is 2.34 bits per heavy atom. The van der Waals surface area contributed by atoms with Crippen LogP contribution in [0.4, 0.5) is 14.5 Å². The van der Waals surface area contributed by atoms with Gasteiger partial charge >= 0.3 is 12.6 Å². The number of esters is 1. The second-order valence-corrected chi connectivity index (χ2v) is 7.15. The van der Waals surface area contributed by atoms with Crippen molar-refractivity contribution < 1.29 is 37.4 Å². The molecule has 0 fully saturated rings. The second-order valence-electron chi connectivity index (χ2n) is 7.15. The lowest BCUT2D eigenvalue weighted by Gasteiger charge is -2.23. The predicted molar refractivity (Wildman–Crippen MR) is 108 cm³/mol. The van der Waals surface area contributed by atoms with E-state index in [9.17, 15) is 28.0 Å². The molecule has 2 aromatic rings. The first kappa shape index (κ1) is 22.9. The maximum atomic E-state index is 12.6. The number of aryl methyl sites for hydroxylation is 1. The predicted octanol–water partition coefficient (Wildman–Crippen LogP) is 3.15. The van der Waals surface area contributed by atoms with Crippen molar-refractivity contribution in [2.24, 2.45) is 0 Å². The minimum atomic E-state index is -3.09. The van der Waals surface area contributed by atoms with Crippen LogP contribution in [-0.2, 0) is 14.3 Å². The molecule has 0 saturated heterocycles. The second kappa shape index (κ2) is 9.13. The van der Waals surface area contributed by atoms with E-state index in [1.54, 1.807) is 19.1 Å². The number of carbonyl (C=O) groups excluding carboxylic acids is 4. The number of anilines is 1. The number of rotatable bonds is 7. The first-order valence-electron chi connectivity index (χ1n) is 9.64. The van der Waals surface area contributed by atoms with Crippen LogP contribution < -0.4 is 10.1 Å². The Balaban J connectivity index is 1.66. The number of fused-ring (bicyclic) bond motifs is 1. The summed E-state index contributed by atoms with van der Waals surface area (Å²) >= 11 is 0. The van der Waals surface area contributed by atoms with Gasteiger partial charge in [0.05, 0.1) is 16.8 Å². The highest BCUT2D eigenvalue weighted by Gasteiger charge is 2.42. The number of ether oxygens (including phenoxy) is 2. The Morgan fingerprint density at radius 1 is 1.00 bits per heavy atom. The van der Waals surface area contributed by atoms with Crippen LogP contribution in [0.5, 0.6) is 5.75 Å². The molecule has 0 aromatic heterocycles. The fourth-order valence-electron chi connectivity index (χ4n) is 3.16. The Hall–Kier alpha value is -3.82. The van der Waals surface area contributed by atoms with Crippen LogP contribution in [0.3, 0.4) is 0 Å². The normalized spacial score (nSPS) is 14.8. The summed E-state index contributed by atoms with van der Waals surface area (Å²) in [6, 6.07) is 8.99. The lowest BCUT2D eigenvalue weighted by molar-refractivity contribution is -0.156. The molecule has 0 saturated carbocycles. The molecule has 1 heterocycles. The molecule has 8 nitrogen and oxygen atoms in total. The van der Waals surface area contributed by atoms with Crippen molar-refractivity contribution >= 4 is 29.4 Å². The number of para-hydroxylation sites is 2. The molecule has 2 aromatic carbocycles. The van der Waals surface area contributed by atoms with E-state index in [4.69, 9.17) is 4.74 Å². The number of benzene rings is 2. The van der Waals surface area contributed by atoms with E-state index in [0.717, 1.165) is 10.5 Å². The zero-order chi connectivity index (χ0) is 23.6. The smallest absolute Gasteiger partial charge is 0.387 e. The number of carbonyl (C=O) groups is 4. The SMILES string of the molecule is Cc1ccc2c(c1)C(=O)N(C(C)C(=O)OC(C)C(=O)Nc1ccccc1OC(F)F)C2=O. The number of nitrogens with one attached hydrogen (secondary N) is 1. The Kier molecular flexibility index (Phi) is 6.52. The Labute approximate surface area is 182 Å². The highest BCUT2D eigenvalue weighted by atomic mass is 19.3. The van der Waals surface area contributed by atoms with Crippen molar-refractivity contribution in [2.75, 3.05) is 5.32 Å². The van der Waals surface area contributed by atoms with Crippen LogP contribution in [0.2, 0.25) is 0 Å². The largest absolute Gasteiger partial charge is 0.451 e. The molecule has 1 aliphatic heterocycles. The molecule has 1 aliphatic rings. The molecule has 32 heavy (non-hydrogen) atoms. The van der Waals surface area contributed by atoms with E-state index in [0.29, 0.717) is 0 Å². The minimum Gasteiger partial charge on any atom is -0.451 e. The van der Waals surface area contributed by atoms with Gasteiger partial charge in [-0.1, -0.05) is 23.8 Å². The van der Waals surface area contributed by atoms with E-state index < -0.39 is 42.4 Å². The van der Waals surface area contributed by atoms with Gasteiger partial charge in [0.25, 0.3) is 17.7 Å². The van der Waals surface area contributed by atoms with Gasteiger partial charge in [0.2, 0.25) is 0 Å². The Bertz CT molecular complexity index is 1090. The topological polar surface area (TPSA) is 102 Å². The minimum absolute atomic E-state index is 0.0375. The van der Waals surface area contributed by atoms with Gasteiger partial charge in [-0.25, -0.2) is 4.79 Å². The summed E-state index contributed by atoms with van der Waals surface area (Å²) in [5.41, 5.74) is 1.12. The third-order valence-electron chi connectivity index (χ3n) is 4.83. The van der Waals surface area contributed by atoms with Gasteiger partial charge in [0, 0.05) is 0 Å². The molecule has 0 aliphatic carbocycles. The first-order valence-corrected chi connectivity index (χ1v) is 9.64. The van der Waals surface area contributed by atoms with Crippen LogP contribution >= 0.6 is 0 Å². The molecule has 1 N–H and O–H groups in total. The van der Waals surface area contributed by atoms with Crippen LogP contribution in [0.1, 0.15) is 40.1 Å². The quantitative estimate of drug-likeness (QED) is 0.518. The van der Waals surface area contributed by atoms with E-state index in [2.05, 4.69) is 10.1 Å². The summed E-state index contributed by atoms with van der Waals surface area (Å²) in [6.07, 6.45) is -1.35. The number of hydrogen-bond acceptors (Lipinski definition) is 6. The molecule has 0 spiro atoms. The van der Waals surface area contributed by atoms with Crippen molar-refractivity contribution in [3.63, 3.8) is 0 Å². The summed E-state index contributed by atoms with van der Waals surface area (Å²) in [5.74, 6) is -3.31. The van der Waals surface area contributed by atoms with Gasteiger partial charge in [-0.3, -0.25) is 19.3 Å². The first-order chi connectivity index (χ1) is 15.1. The molecule has 0 radical (unpaired) electrons. The zero-order valence-electron chi connectivity index (χ0n) is 17.4. The van der Waals surface area contributed by atoms with Crippen molar-refractivity contribution in [1.82, 2.24) is 4.90 Å². The Morgan fingerprint density at radius 2 is 1.66 bits per heavy atom. The summed E-state index contributed by atoms with van der Waals surface area (Å²) in [6.45, 7) is 1.26. The lowest BCUT2D eigenvalue weighted by atomic mass is 10.1. The van der Waals surface area contributed by atoms with Gasteiger partial charge < -0.3 is 14.8 Å². The van der Waals surface area contributed by atoms with Gasteiger partial charge in [-0.05, 0) is 45.0 Å². The molecule has 2 unspecified atom stereocenters. The molecule has 0 bridgehead atoms. The van der Waals surface area contributed by atoms with E-state index in [1.165, 1.54) is 44.2 Å². The molecular formula is C22H20F2N2O6. The zero-order valence-corrected chi connectivity index (χ0v) is 17.4. The van der Waals surface area contributed by atoms with Crippen molar-refractivity contribution in [3.05, 3.63) is 59.2 Å². The van der Waals surface area contributed by atoms with Crippen LogP contribution in [0.15, 0.2) is 42.5 Å². The van der Waals surface area contributed by atoms with Gasteiger partial charge in [-0.15, -0.1) is 0 Å². The van der Waals surface area contributed by atoms with Crippen LogP contribution in [0, 0.1) is 6.92 Å². The fourth-order valence-corrected chi connectivity index (χ4v) is 3.16. The third kappa shape index (κ3) is 4.58. The average Bonchev–Trinajstić information content (AvgIpc) is 2.98. The van der Waals surface area contributed by atoms with Crippen LogP contribution in [0.25, 0.3) is 0 Å². The van der Waals surface area contributed by atoms with E-state index in [-0.39, 0.29) is 22.6 Å². The fraction of sp³-hybridized carbons (Fsp3) is 0.273. The summed E-state index contributed by atoms with van der Waals surface area (Å²) in [5, 5.41) is 2.35. The van der Waals surface area contributed by atoms with Gasteiger partial charge in [0.1, 0.15) is 11.8 Å². The molecule has 168 valence electrons. The van der Waals surface area contributed by atoms with Crippen molar-refractivity contribution in [3.8, 4) is 5.75 Å². The average molecular weight is 446 g/mol. The van der Waals surface area contributed by atoms with Crippen LogP contribution in [-0.4, -0.2) is 47.3 Å². The molecule has 3 rings (SSSR count). The number of imide groups is 1.